The molecule has 32 heavy (non-hydrogen) atoms. The summed E-state index contributed by atoms with van der Waals surface area (Å²) in [6, 6.07) is 11.1. The summed E-state index contributed by atoms with van der Waals surface area (Å²) in [5.74, 6) is -1.29. The fourth-order valence-corrected chi connectivity index (χ4v) is 4.06. The van der Waals surface area contributed by atoms with Gasteiger partial charge in [-0.1, -0.05) is 29.8 Å². The van der Waals surface area contributed by atoms with Crippen LogP contribution < -0.4 is 5.32 Å². The maximum atomic E-state index is 12.7. The lowest BCUT2D eigenvalue weighted by atomic mass is 10.0. The first-order valence-corrected chi connectivity index (χ1v) is 10.8. The van der Waals surface area contributed by atoms with Crippen molar-refractivity contribution in [2.75, 3.05) is 18.5 Å². The maximum Gasteiger partial charge on any atom is 0.341 e. The van der Waals surface area contributed by atoms with Crippen LogP contribution >= 0.6 is 11.3 Å². The number of aryl methyl sites for hydroxylation is 2. The van der Waals surface area contributed by atoms with Gasteiger partial charge in [0.25, 0.3) is 5.91 Å². The molecule has 0 saturated heterocycles. The van der Waals surface area contributed by atoms with Crippen LogP contribution in [-0.4, -0.2) is 31.1 Å². The average Bonchev–Trinajstić information content (AvgIpc) is 3.39. The van der Waals surface area contributed by atoms with E-state index in [4.69, 9.17) is 13.9 Å². The number of hydrogen-bond donors (Lipinski definition) is 1. The quantitative estimate of drug-likeness (QED) is 0.381. The van der Waals surface area contributed by atoms with Crippen LogP contribution in [0.1, 0.15) is 33.5 Å². The molecule has 0 radical (unpaired) electrons. The molecule has 0 aliphatic rings. The Kier molecular flexibility index (Phi) is 7.62. The minimum Gasteiger partial charge on any atom is -0.465 e. The van der Waals surface area contributed by atoms with Gasteiger partial charge in [0, 0.05) is 16.5 Å². The van der Waals surface area contributed by atoms with Gasteiger partial charge in [0.1, 0.15) is 16.3 Å². The van der Waals surface area contributed by atoms with Gasteiger partial charge in [-0.15, -0.1) is 11.3 Å². The van der Waals surface area contributed by atoms with E-state index in [1.54, 1.807) is 19.1 Å². The zero-order valence-corrected chi connectivity index (χ0v) is 18.8. The molecule has 0 aliphatic carbocycles. The van der Waals surface area contributed by atoms with Crippen molar-refractivity contribution in [1.82, 2.24) is 0 Å². The number of amides is 1. The molecular formula is C24H23NO6S. The molecule has 0 spiro atoms. The first-order valence-electron chi connectivity index (χ1n) is 9.94. The third-order valence-electron chi connectivity index (χ3n) is 4.43. The number of esters is 2. The highest BCUT2D eigenvalue weighted by Crippen LogP contribution is 2.40. The van der Waals surface area contributed by atoms with Crippen molar-refractivity contribution in [3.8, 4) is 11.1 Å². The number of hydrogen-bond acceptors (Lipinski definition) is 7. The highest BCUT2D eigenvalue weighted by molar-refractivity contribution is 7.17. The van der Waals surface area contributed by atoms with Gasteiger partial charge in [-0.05, 0) is 44.5 Å². The highest BCUT2D eigenvalue weighted by atomic mass is 32.1. The van der Waals surface area contributed by atoms with Crippen LogP contribution in [0.4, 0.5) is 5.00 Å². The van der Waals surface area contributed by atoms with Crippen LogP contribution in [0.2, 0.25) is 0 Å². The summed E-state index contributed by atoms with van der Waals surface area (Å²) < 4.78 is 15.3. The molecule has 1 N–H and O–H groups in total. The summed E-state index contributed by atoms with van der Waals surface area (Å²) >= 11 is 1.27. The smallest absolute Gasteiger partial charge is 0.341 e. The van der Waals surface area contributed by atoms with E-state index in [-0.39, 0.29) is 12.2 Å². The number of carbonyl (C=O) groups excluding carboxylic acids is 3. The van der Waals surface area contributed by atoms with Gasteiger partial charge < -0.3 is 19.2 Å². The SMILES string of the molecule is CCOC(=O)c1c(NC(=O)COC(=O)C=Cc2ccco2)sc(C)c1-c1ccc(C)cc1. The van der Waals surface area contributed by atoms with Crippen molar-refractivity contribution in [3.63, 3.8) is 0 Å². The molecule has 2 aromatic heterocycles. The predicted octanol–water partition coefficient (Wildman–Crippen LogP) is 5.00. The number of ether oxygens (including phenoxy) is 2. The van der Waals surface area contributed by atoms with Crippen LogP contribution in [0.5, 0.6) is 0 Å². The van der Waals surface area contributed by atoms with Crippen LogP contribution in [0, 0.1) is 13.8 Å². The highest BCUT2D eigenvalue weighted by Gasteiger charge is 2.25. The number of carbonyl (C=O) groups is 3. The van der Waals surface area contributed by atoms with Gasteiger partial charge in [-0.3, -0.25) is 4.79 Å². The molecule has 1 aromatic carbocycles. The third-order valence-corrected chi connectivity index (χ3v) is 5.45. The first kappa shape index (κ1) is 23.0. The molecule has 7 nitrogen and oxygen atoms in total. The van der Waals surface area contributed by atoms with Crippen molar-refractivity contribution in [3.05, 3.63) is 70.5 Å². The summed E-state index contributed by atoms with van der Waals surface area (Å²) in [4.78, 5) is 37.8. The molecule has 3 rings (SSSR count). The van der Waals surface area contributed by atoms with E-state index >= 15 is 0 Å². The maximum absolute atomic E-state index is 12.7. The summed E-state index contributed by atoms with van der Waals surface area (Å²) in [5.41, 5.74) is 2.94. The number of rotatable bonds is 8. The first-order chi connectivity index (χ1) is 15.4. The van der Waals surface area contributed by atoms with Crippen molar-refractivity contribution in [1.29, 1.82) is 0 Å². The van der Waals surface area contributed by atoms with Crippen molar-refractivity contribution < 1.29 is 28.3 Å². The third kappa shape index (κ3) is 5.73. The second kappa shape index (κ2) is 10.6. The van der Waals surface area contributed by atoms with E-state index < -0.39 is 24.5 Å². The molecule has 0 atom stereocenters. The van der Waals surface area contributed by atoms with Gasteiger partial charge >= 0.3 is 11.9 Å². The van der Waals surface area contributed by atoms with Crippen LogP contribution in [0.25, 0.3) is 17.2 Å². The van der Waals surface area contributed by atoms with Crippen molar-refractivity contribution in [2.45, 2.75) is 20.8 Å². The minimum atomic E-state index is -0.690. The van der Waals surface area contributed by atoms with E-state index in [1.807, 2.05) is 38.1 Å². The fraction of sp³-hybridized carbons (Fsp3) is 0.208. The molecule has 166 valence electrons. The summed E-state index contributed by atoms with van der Waals surface area (Å²) in [5, 5.41) is 3.03. The van der Waals surface area contributed by atoms with Gasteiger partial charge in [0.2, 0.25) is 0 Å². The molecule has 0 unspecified atom stereocenters. The van der Waals surface area contributed by atoms with Crippen LogP contribution in [0.15, 0.2) is 53.2 Å². The second-order valence-corrected chi connectivity index (χ2v) is 8.05. The molecule has 0 fully saturated rings. The van der Waals surface area contributed by atoms with E-state index in [0.29, 0.717) is 16.3 Å². The predicted molar refractivity (Wildman–Crippen MR) is 123 cm³/mol. The van der Waals surface area contributed by atoms with E-state index in [1.165, 1.54) is 29.8 Å². The molecule has 8 heteroatoms. The van der Waals surface area contributed by atoms with Crippen molar-refractivity contribution in [2.24, 2.45) is 0 Å². The minimum absolute atomic E-state index is 0.202. The molecule has 2 heterocycles. The lowest BCUT2D eigenvalue weighted by molar-refractivity contribution is -0.142. The molecular weight excluding hydrogens is 430 g/mol. The Morgan fingerprint density at radius 2 is 1.84 bits per heavy atom. The Balaban J connectivity index is 1.75. The lowest BCUT2D eigenvalue weighted by Crippen LogP contribution is -2.21. The Labute approximate surface area is 189 Å². The van der Waals surface area contributed by atoms with Gasteiger partial charge in [-0.25, -0.2) is 9.59 Å². The number of anilines is 1. The Hall–Kier alpha value is -3.65. The number of furan rings is 1. The monoisotopic (exact) mass is 453 g/mol. The van der Waals surface area contributed by atoms with E-state index in [0.717, 1.165) is 16.0 Å². The average molecular weight is 454 g/mol. The number of nitrogens with one attached hydrogen (secondary N) is 1. The Bertz CT molecular complexity index is 1130. The lowest BCUT2D eigenvalue weighted by Gasteiger charge is -2.09. The number of benzene rings is 1. The molecule has 0 bridgehead atoms. The summed E-state index contributed by atoms with van der Waals surface area (Å²) in [7, 11) is 0. The largest absolute Gasteiger partial charge is 0.465 e. The standard InChI is InChI=1S/C24H23NO6S/c1-4-29-24(28)22-21(17-9-7-15(2)8-10-17)16(3)32-23(22)25-19(26)14-31-20(27)12-11-18-6-5-13-30-18/h5-13H,4,14H2,1-3H3,(H,25,26). The number of thiophene rings is 1. The van der Waals surface area contributed by atoms with Gasteiger partial charge in [0.15, 0.2) is 6.61 Å². The molecule has 3 aromatic rings. The molecule has 1 amide bonds. The van der Waals surface area contributed by atoms with E-state index in [2.05, 4.69) is 5.32 Å². The second-order valence-electron chi connectivity index (χ2n) is 6.83. The molecule has 0 aliphatic heterocycles. The zero-order valence-electron chi connectivity index (χ0n) is 18.0. The molecule has 0 saturated carbocycles. The van der Waals surface area contributed by atoms with E-state index in [9.17, 15) is 14.4 Å². The van der Waals surface area contributed by atoms with Crippen LogP contribution in [-0.2, 0) is 19.1 Å². The normalized spacial score (nSPS) is 10.8. The zero-order chi connectivity index (χ0) is 23.1. The Morgan fingerprint density at radius 3 is 2.50 bits per heavy atom. The fourth-order valence-electron chi connectivity index (χ4n) is 2.98. The summed E-state index contributed by atoms with van der Waals surface area (Å²) in [6.07, 6.45) is 4.09. The Morgan fingerprint density at radius 1 is 1.09 bits per heavy atom. The topological polar surface area (TPSA) is 94.8 Å². The van der Waals surface area contributed by atoms with Gasteiger partial charge in [-0.2, -0.15) is 0 Å². The van der Waals surface area contributed by atoms with Crippen molar-refractivity contribution >= 4 is 40.3 Å². The summed E-state index contributed by atoms with van der Waals surface area (Å²) in [6.45, 7) is 5.27. The van der Waals surface area contributed by atoms with Crippen LogP contribution in [0.3, 0.4) is 0 Å². The van der Waals surface area contributed by atoms with Gasteiger partial charge in [0.05, 0.1) is 12.9 Å².